The largest absolute Gasteiger partial charge is 0.461 e. The van der Waals surface area contributed by atoms with Gasteiger partial charge in [0.25, 0.3) is 0 Å². The highest BCUT2D eigenvalue weighted by Crippen LogP contribution is 2.00. The zero-order valence-corrected chi connectivity index (χ0v) is 8.00. The first kappa shape index (κ1) is 11.7. The third kappa shape index (κ3) is 7.11. The van der Waals surface area contributed by atoms with Gasteiger partial charge >= 0.3 is 12.0 Å². The standard InChI is InChI=1S/C8H16N2O3/c1-3-4-6(2)13-7(11)5-10-8(9)12/h6H,3-5H2,1-2H3,(H3,9,10,12). The minimum Gasteiger partial charge on any atom is -0.461 e. The van der Waals surface area contributed by atoms with Crippen molar-refractivity contribution in [3.8, 4) is 0 Å². The maximum atomic E-state index is 10.9. The number of rotatable bonds is 5. The zero-order valence-electron chi connectivity index (χ0n) is 8.00. The van der Waals surface area contributed by atoms with Crippen LogP contribution in [0, 0.1) is 0 Å². The van der Waals surface area contributed by atoms with Crippen molar-refractivity contribution in [2.24, 2.45) is 5.73 Å². The Bertz CT molecular complexity index is 182. The van der Waals surface area contributed by atoms with Crippen LogP contribution in [0.2, 0.25) is 0 Å². The van der Waals surface area contributed by atoms with E-state index in [1.807, 2.05) is 13.8 Å². The van der Waals surface area contributed by atoms with Crippen LogP contribution in [0.3, 0.4) is 0 Å². The molecular formula is C8H16N2O3. The number of ether oxygens (including phenoxy) is 1. The summed E-state index contributed by atoms with van der Waals surface area (Å²) in [6.07, 6.45) is 1.67. The molecule has 2 amide bonds. The van der Waals surface area contributed by atoms with Gasteiger partial charge in [-0.05, 0) is 13.3 Å². The van der Waals surface area contributed by atoms with Gasteiger partial charge in [-0.15, -0.1) is 0 Å². The molecule has 0 radical (unpaired) electrons. The summed E-state index contributed by atoms with van der Waals surface area (Å²) >= 11 is 0. The van der Waals surface area contributed by atoms with Gasteiger partial charge in [0.2, 0.25) is 0 Å². The molecule has 0 rings (SSSR count). The van der Waals surface area contributed by atoms with E-state index >= 15 is 0 Å². The number of nitrogens with two attached hydrogens (primary N) is 1. The van der Waals surface area contributed by atoms with Crippen molar-refractivity contribution in [1.82, 2.24) is 5.32 Å². The van der Waals surface area contributed by atoms with Crippen LogP contribution in [0.25, 0.3) is 0 Å². The molecule has 5 heteroatoms. The van der Waals surface area contributed by atoms with Crippen molar-refractivity contribution in [2.75, 3.05) is 6.54 Å². The molecule has 1 unspecified atom stereocenters. The molecule has 13 heavy (non-hydrogen) atoms. The number of esters is 1. The third-order valence-corrected chi connectivity index (χ3v) is 1.43. The Kier molecular flexibility index (Phi) is 5.67. The highest BCUT2D eigenvalue weighted by molar-refractivity contribution is 5.79. The number of nitrogens with one attached hydrogen (secondary N) is 1. The number of carbonyl (C=O) groups is 2. The molecular weight excluding hydrogens is 172 g/mol. The van der Waals surface area contributed by atoms with Crippen LogP contribution in [0.4, 0.5) is 4.79 Å². The van der Waals surface area contributed by atoms with Gasteiger partial charge in [0.05, 0.1) is 6.10 Å². The van der Waals surface area contributed by atoms with Crippen LogP contribution in [-0.4, -0.2) is 24.6 Å². The van der Waals surface area contributed by atoms with Crippen molar-refractivity contribution >= 4 is 12.0 Å². The second-order valence-corrected chi connectivity index (χ2v) is 2.81. The summed E-state index contributed by atoms with van der Waals surface area (Å²) < 4.78 is 4.93. The first-order valence-electron chi connectivity index (χ1n) is 4.29. The van der Waals surface area contributed by atoms with E-state index < -0.39 is 12.0 Å². The van der Waals surface area contributed by atoms with E-state index in [0.29, 0.717) is 0 Å². The van der Waals surface area contributed by atoms with Crippen molar-refractivity contribution in [2.45, 2.75) is 32.8 Å². The summed E-state index contributed by atoms with van der Waals surface area (Å²) in [5.41, 5.74) is 4.77. The summed E-state index contributed by atoms with van der Waals surface area (Å²) in [5.74, 6) is -0.459. The molecule has 0 aromatic rings. The van der Waals surface area contributed by atoms with Gasteiger partial charge in [-0.1, -0.05) is 13.3 Å². The lowest BCUT2D eigenvalue weighted by atomic mass is 10.2. The minimum absolute atomic E-state index is 0.104. The van der Waals surface area contributed by atoms with E-state index in [1.54, 1.807) is 0 Å². The smallest absolute Gasteiger partial charge is 0.325 e. The number of amides is 2. The molecule has 0 aliphatic heterocycles. The average molecular weight is 188 g/mol. The molecule has 1 atom stereocenters. The Morgan fingerprint density at radius 1 is 1.54 bits per heavy atom. The number of carbonyl (C=O) groups excluding carboxylic acids is 2. The van der Waals surface area contributed by atoms with E-state index in [9.17, 15) is 9.59 Å². The Labute approximate surface area is 77.6 Å². The minimum atomic E-state index is -0.722. The predicted molar refractivity (Wildman–Crippen MR) is 48.0 cm³/mol. The topological polar surface area (TPSA) is 81.4 Å². The Morgan fingerprint density at radius 3 is 2.62 bits per heavy atom. The second kappa shape index (κ2) is 6.28. The van der Waals surface area contributed by atoms with E-state index in [4.69, 9.17) is 10.5 Å². The first-order chi connectivity index (χ1) is 6.06. The Morgan fingerprint density at radius 2 is 2.15 bits per heavy atom. The lowest BCUT2D eigenvalue weighted by Crippen LogP contribution is -2.35. The fourth-order valence-electron chi connectivity index (χ4n) is 0.891. The fourth-order valence-corrected chi connectivity index (χ4v) is 0.891. The maximum Gasteiger partial charge on any atom is 0.325 e. The molecule has 3 N–H and O–H groups in total. The highest BCUT2D eigenvalue weighted by atomic mass is 16.5. The summed E-state index contributed by atoms with van der Waals surface area (Å²) in [7, 11) is 0. The third-order valence-electron chi connectivity index (χ3n) is 1.43. The van der Waals surface area contributed by atoms with Crippen LogP contribution in [0.15, 0.2) is 0 Å². The molecule has 0 aliphatic rings. The van der Waals surface area contributed by atoms with Crippen molar-refractivity contribution in [1.29, 1.82) is 0 Å². The second-order valence-electron chi connectivity index (χ2n) is 2.81. The predicted octanol–water partition coefficient (Wildman–Crippen LogP) is 0.387. The molecule has 0 fully saturated rings. The van der Waals surface area contributed by atoms with Gasteiger partial charge < -0.3 is 15.8 Å². The summed E-state index contributed by atoms with van der Waals surface area (Å²) in [5, 5.41) is 2.16. The van der Waals surface area contributed by atoms with Gasteiger partial charge in [0.15, 0.2) is 0 Å². The van der Waals surface area contributed by atoms with Crippen molar-refractivity contribution in [3.63, 3.8) is 0 Å². The van der Waals surface area contributed by atoms with Crippen molar-refractivity contribution in [3.05, 3.63) is 0 Å². The van der Waals surface area contributed by atoms with Crippen LogP contribution >= 0.6 is 0 Å². The van der Waals surface area contributed by atoms with Gasteiger partial charge in [-0.25, -0.2) is 4.79 Å². The van der Waals surface area contributed by atoms with Crippen LogP contribution in [-0.2, 0) is 9.53 Å². The van der Waals surface area contributed by atoms with Crippen LogP contribution < -0.4 is 11.1 Å². The van der Waals surface area contributed by atoms with Gasteiger partial charge in [0, 0.05) is 0 Å². The van der Waals surface area contributed by atoms with Crippen LogP contribution in [0.1, 0.15) is 26.7 Å². The van der Waals surface area contributed by atoms with Crippen molar-refractivity contribution < 1.29 is 14.3 Å². The molecule has 0 aromatic carbocycles. The molecule has 0 aromatic heterocycles. The van der Waals surface area contributed by atoms with E-state index in [1.165, 1.54) is 0 Å². The monoisotopic (exact) mass is 188 g/mol. The van der Waals surface area contributed by atoms with E-state index in [2.05, 4.69) is 5.32 Å². The molecule has 0 saturated carbocycles. The molecule has 0 heterocycles. The number of hydrogen-bond acceptors (Lipinski definition) is 3. The quantitative estimate of drug-likeness (QED) is 0.612. The Hall–Kier alpha value is -1.26. The summed E-state index contributed by atoms with van der Waals surface area (Å²) in [4.78, 5) is 21.2. The fraction of sp³-hybridized carbons (Fsp3) is 0.750. The van der Waals surface area contributed by atoms with Gasteiger partial charge in [-0.3, -0.25) is 4.79 Å². The first-order valence-corrected chi connectivity index (χ1v) is 4.29. The number of hydrogen-bond donors (Lipinski definition) is 2. The molecule has 76 valence electrons. The maximum absolute atomic E-state index is 10.9. The molecule has 0 spiro atoms. The highest BCUT2D eigenvalue weighted by Gasteiger charge is 2.08. The SMILES string of the molecule is CCCC(C)OC(=O)CNC(N)=O. The molecule has 0 saturated heterocycles. The van der Waals surface area contributed by atoms with Gasteiger partial charge in [0.1, 0.15) is 6.54 Å². The number of primary amides is 1. The summed E-state index contributed by atoms with van der Waals surface area (Å²) in [6, 6.07) is -0.722. The molecule has 0 aliphatic carbocycles. The average Bonchev–Trinajstić information content (AvgIpc) is 2.01. The van der Waals surface area contributed by atoms with E-state index in [0.717, 1.165) is 12.8 Å². The number of urea groups is 1. The Balaban J connectivity index is 3.55. The van der Waals surface area contributed by atoms with Crippen LogP contribution in [0.5, 0.6) is 0 Å². The molecule has 5 nitrogen and oxygen atoms in total. The van der Waals surface area contributed by atoms with E-state index in [-0.39, 0.29) is 12.6 Å². The lowest BCUT2D eigenvalue weighted by Gasteiger charge is -2.11. The zero-order chi connectivity index (χ0) is 10.3. The molecule has 0 bridgehead atoms. The normalized spacial score (nSPS) is 11.8. The summed E-state index contributed by atoms with van der Waals surface area (Å²) in [6.45, 7) is 3.65. The van der Waals surface area contributed by atoms with Gasteiger partial charge in [-0.2, -0.15) is 0 Å². The lowest BCUT2D eigenvalue weighted by molar-refractivity contribution is -0.147.